The van der Waals surface area contributed by atoms with Crippen LogP contribution in [0, 0.1) is 0 Å². The standard InChI is InChI=1S/C18H15N3O5S/c22-15(23)10-21-16(14-7-4-8-27-14)19-9-13(17(21)24)20-18(25)26-11-12-5-2-1-3-6-12/h1-9H,10-11H2,(H,20,25)(H,22,23). The summed E-state index contributed by atoms with van der Waals surface area (Å²) in [7, 11) is 0. The number of anilines is 1. The van der Waals surface area contributed by atoms with Gasteiger partial charge in [-0.1, -0.05) is 36.4 Å². The maximum absolute atomic E-state index is 12.6. The zero-order chi connectivity index (χ0) is 19.2. The van der Waals surface area contributed by atoms with Crippen LogP contribution in [-0.4, -0.2) is 26.7 Å². The van der Waals surface area contributed by atoms with Crippen LogP contribution in [0.1, 0.15) is 5.56 Å². The van der Waals surface area contributed by atoms with Gasteiger partial charge in [-0.05, 0) is 17.0 Å². The van der Waals surface area contributed by atoms with E-state index in [1.807, 2.05) is 18.2 Å². The molecule has 0 radical (unpaired) electrons. The number of carbonyl (C=O) groups excluding carboxylic acids is 1. The molecule has 2 N–H and O–H groups in total. The molecule has 3 rings (SSSR count). The van der Waals surface area contributed by atoms with Crippen molar-refractivity contribution in [1.82, 2.24) is 9.55 Å². The molecule has 9 heteroatoms. The van der Waals surface area contributed by atoms with E-state index in [9.17, 15) is 14.4 Å². The number of amides is 1. The number of aliphatic carboxylic acids is 1. The number of hydrogen-bond donors (Lipinski definition) is 2. The first-order valence-corrected chi connectivity index (χ1v) is 8.76. The number of nitrogens with zero attached hydrogens (tertiary/aromatic N) is 2. The molecule has 2 heterocycles. The highest BCUT2D eigenvalue weighted by Crippen LogP contribution is 2.22. The number of carboxylic acids is 1. The van der Waals surface area contributed by atoms with Crippen LogP contribution >= 0.6 is 11.3 Å². The largest absolute Gasteiger partial charge is 0.480 e. The van der Waals surface area contributed by atoms with Gasteiger partial charge in [-0.2, -0.15) is 0 Å². The van der Waals surface area contributed by atoms with Gasteiger partial charge in [0.15, 0.2) is 5.82 Å². The van der Waals surface area contributed by atoms with Gasteiger partial charge < -0.3 is 9.84 Å². The van der Waals surface area contributed by atoms with E-state index in [-0.39, 0.29) is 18.1 Å². The van der Waals surface area contributed by atoms with Gasteiger partial charge in [0.1, 0.15) is 18.8 Å². The Morgan fingerprint density at radius 2 is 1.96 bits per heavy atom. The molecule has 138 valence electrons. The highest BCUT2D eigenvalue weighted by Gasteiger charge is 2.17. The van der Waals surface area contributed by atoms with Crippen LogP contribution in [0.15, 0.2) is 58.8 Å². The summed E-state index contributed by atoms with van der Waals surface area (Å²) in [4.78, 5) is 40.5. The van der Waals surface area contributed by atoms with Crippen molar-refractivity contribution in [1.29, 1.82) is 0 Å². The minimum absolute atomic E-state index is 0.0384. The molecule has 1 amide bonds. The molecule has 0 aliphatic carbocycles. The molecule has 8 nitrogen and oxygen atoms in total. The fraction of sp³-hybridized carbons (Fsp3) is 0.111. The van der Waals surface area contributed by atoms with Crippen LogP contribution in [0.2, 0.25) is 0 Å². The molecule has 27 heavy (non-hydrogen) atoms. The lowest BCUT2D eigenvalue weighted by Gasteiger charge is -2.11. The highest BCUT2D eigenvalue weighted by atomic mass is 32.1. The number of aromatic nitrogens is 2. The second kappa shape index (κ2) is 8.28. The van der Waals surface area contributed by atoms with E-state index in [1.165, 1.54) is 17.5 Å². The number of rotatable bonds is 6. The SMILES string of the molecule is O=C(O)Cn1c(-c2cccs2)ncc(NC(=O)OCc2ccccc2)c1=O. The molecule has 0 saturated carbocycles. The van der Waals surface area contributed by atoms with Crippen molar-refractivity contribution in [3.8, 4) is 10.7 Å². The third-order valence-electron chi connectivity index (χ3n) is 3.53. The highest BCUT2D eigenvalue weighted by molar-refractivity contribution is 7.13. The van der Waals surface area contributed by atoms with Gasteiger partial charge in [0.05, 0.1) is 11.1 Å². The minimum Gasteiger partial charge on any atom is -0.480 e. The van der Waals surface area contributed by atoms with E-state index >= 15 is 0 Å². The maximum atomic E-state index is 12.6. The van der Waals surface area contributed by atoms with Gasteiger partial charge in [0.2, 0.25) is 0 Å². The molecule has 3 aromatic rings. The van der Waals surface area contributed by atoms with E-state index in [0.29, 0.717) is 4.88 Å². The second-order valence-electron chi connectivity index (χ2n) is 5.44. The van der Waals surface area contributed by atoms with Crippen LogP contribution in [-0.2, 0) is 22.7 Å². The zero-order valence-corrected chi connectivity index (χ0v) is 14.8. The number of thiophene rings is 1. The summed E-state index contributed by atoms with van der Waals surface area (Å²) >= 11 is 1.32. The Labute approximate surface area is 157 Å². The van der Waals surface area contributed by atoms with E-state index in [1.54, 1.807) is 29.6 Å². The summed E-state index contributed by atoms with van der Waals surface area (Å²) in [6, 6.07) is 12.6. The van der Waals surface area contributed by atoms with Gasteiger partial charge in [-0.25, -0.2) is 9.78 Å². The lowest BCUT2D eigenvalue weighted by Crippen LogP contribution is -2.30. The van der Waals surface area contributed by atoms with Crippen LogP contribution < -0.4 is 10.9 Å². The molecule has 0 fully saturated rings. The summed E-state index contributed by atoms with van der Waals surface area (Å²) in [6.07, 6.45) is 0.364. The molecule has 0 unspecified atom stereocenters. The fourth-order valence-corrected chi connectivity index (χ4v) is 3.06. The number of ether oxygens (including phenoxy) is 1. The Morgan fingerprint density at radius 1 is 1.19 bits per heavy atom. The maximum Gasteiger partial charge on any atom is 0.412 e. The first-order chi connectivity index (χ1) is 13.0. The molecule has 0 atom stereocenters. The van der Waals surface area contributed by atoms with Gasteiger partial charge in [0, 0.05) is 0 Å². The minimum atomic E-state index is -1.19. The average Bonchev–Trinajstić information content (AvgIpc) is 3.18. The van der Waals surface area contributed by atoms with Crippen molar-refractivity contribution in [2.45, 2.75) is 13.2 Å². The normalized spacial score (nSPS) is 10.4. The molecule has 0 aliphatic rings. The molecule has 0 spiro atoms. The molecule has 0 bridgehead atoms. The summed E-state index contributed by atoms with van der Waals surface area (Å²) < 4.78 is 6.07. The number of benzene rings is 1. The molecular formula is C18H15N3O5S. The molecule has 0 saturated heterocycles. The number of carbonyl (C=O) groups is 2. The van der Waals surface area contributed by atoms with E-state index < -0.39 is 24.2 Å². The Bertz CT molecular complexity index is 1000. The summed E-state index contributed by atoms with van der Waals surface area (Å²) in [5, 5.41) is 13.2. The van der Waals surface area contributed by atoms with Gasteiger partial charge in [-0.15, -0.1) is 11.3 Å². The van der Waals surface area contributed by atoms with Crippen LogP contribution in [0.25, 0.3) is 10.7 Å². The third-order valence-corrected chi connectivity index (χ3v) is 4.40. The lowest BCUT2D eigenvalue weighted by molar-refractivity contribution is -0.137. The van der Waals surface area contributed by atoms with E-state index in [4.69, 9.17) is 9.84 Å². The summed E-state index contributed by atoms with van der Waals surface area (Å²) in [5.41, 5.74) is -0.0378. The monoisotopic (exact) mass is 385 g/mol. The Hall–Kier alpha value is -3.46. The molecule has 1 aromatic carbocycles. The predicted molar refractivity (Wildman–Crippen MR) is 99.7 cm³/mol. The van der Waals surface area contributed by atoms with E-state index in [2.05, 4.69) is 10.3 Å². The van der Waals surface area contributed by atoms with Gasteiger partial charge >= 0.3 is 12.1 Å². The van der Waals surface area contributed by atoms with Crippen molar-refractivity contribution >= 4 is 29.1 Å². The predicted octanol–water partition coefficient (Wildman–Crippen LogP) is 2.81. The number of nitrogens with one attached hydrogen (secondary N) is 1. The van der Waals surface area contributed by atoms with Gasteiger partial charge in [0.25, 0.3) is 5.56 Å². The van der Waals surface area contributed by atoms with Crippen LogP contribution in [0.5, 0.6) is 0 Å². The molecular weight excluding hydrogens is 370 g/mol. The number of hydrogen-bond acceptors (Lipinski definition) is 6. The average molecular weight is 385 g/mol. The van der Waals surface area contributed by atoms with Crippen molar-refractivity contribution in [3.63, 3.8) is 0 Å². The van der Waals surface area contributed by atoms with Crippen LogP contribution in [0.4, 0.5) is 10.5 Å². The first-order valence-electron chi connectivity index (χ1n) is 7.88. The Balaban J connectivity index is 1.80. The van der Waals surface area contributed by atoms with Crippen LogP contribution in [0.3, 0.4) is 0 Å². The topological polar surface area (TPSA) is 111 Å². The molecule has 2 aromatic heterocycles. The first kappa shape index (κ1) is 18.3. The molecule has 0 aliphatic heterocycles. The van der Waals surface area contributed by atoms with Crippen molar-refractivity contribution in [2.24, 2.45) is 0 Å². The van der Waals surface area contributed by atoms with Crippen molar-refractivity contribution in [2.75, 3.05) is 5.32 Å². The third kappa shape index (κ3) is 4.59. The quantitative estimate of drug-likeness (QED) is 0.675. The smallest absolute Gasteiger partial charge is 0.412 e. The van der Waals surface area contributed by atoms with Gasteiger partial charge in [-0.3, -0.25) is 19.5 Å². The lowest BCUT2D eigenvalue weighted by atomic mass is 10.2. The van der Waals surface area contributed by atoms with Crippen molar-refractivity contribution in [3.05, 3.63) is 70.0 Å². The van der Waals surface area contributed by atoms with Crippen molar-refractivity contribution < 1.29 is 19.4 Å². The zero-order valence-electron chi connectivity index (χ0n) is 14.0. The Morgan fingerprint density at radius 3 is 2.63 bits per heavy atom. The second-order valence-corrected chi connectivity index (χ2v) is 6.39. The fourth-order valence-electron chi connectivity index (χ4n) is 2.33. The number of carboxylic acid groups (broad SMARTS) is 1. The summed E-state index contributed by atoms with van der Waals surface area (Å²) in [5.74, 6) is -0.971. The Kier molecular flexibility index (Phi) is 5.62. The van der Waals surface area contributed by atoms with E-state index in [0.717, 1.165) is 10.1 Å². The summed E-state index contributed by atoms with van der Waals surface area (Å²) in [6.45, 7) is -0.537.